The van der Waals surface area contributed by atoms with Gasteiger partial charge in [-0.15, -0.1) is 0 Å². The summed E-state index contributed by atoms with van der Waals surface area (Å²) < 4.78 is 31.0. The summed E-state index contributed by atoms with van der Waals surface area (Å²) in [6, 6.07) is 0. The van der Waals surface area contributed by atoms with Crippen molar-refractivity contribution in [3.8, 4) is 0 Å². The van der Waals surface area contributed by atoms with E-state index in [1.165, 1.54) is 12.8 Å². The Kier molecular flexibility index (Phi) is 17.3. The number of unbranched alkanes of at least 4 members (excludes halogenated alkanes) is 6. The van der Waals surface area contributed by atoms with E-state index in [0.29, 0.717) is 6.42 Å². The SMILES string of the molecule is CCCCCC(O)CCCCCCCS(=O)(=O)[O-].[K+]. The van der Waals surface area contributed by atoms with E-state index in [2.05, 4.69) is 6.92 Å². The molecule has 0 bridgehead atoms. The van der Waals surface area contributed by atoms with E-state index in [4.69, 9.17) is 0 Å². The van der Waals surface area contributed by atoms with Crippen LogP contribution in [0.15, 0.2) is 0 Å². The fraction of sp³-hybridized carbons (Fsp3) is 1.00. The molecule has 6 heteroatoms. The first-order valence-electron chi connectivity index (χ1n) is 7.07. The van der Waals surface area contributed by atoms with Crippen LogP contribution in [0.4, 0.5) is 0 Å². The van der Waals surface area contributed by atoms with Crippen molar-refractivity contribution < 1.29 is 69.5 Å². The van der Waals surface area contributed by atoms with Crippen molar-refractivity contribution in [1.82, 2.24) is 0 Å². The number of aliphatic hydroxyl groups excluding tert-OH is 1. The van der Waals surface area contributed by atoms with Gasteiger partial charge in [0.25, 0.3) is 0 Å². The molecule has 0 saturated heterocycles. The van der Waals surface area contributed by atoms with Crippen LogP contribution in [-0.2, 0) is 10.1 Å². The predicted octanol–water partition coefficient (Wildman–Crippen LogP) is -0.183. The standard InChI is InChI=1S/C13H28O4S.K/c1-2-3-7-10-13(14)11-8-5-4-6-9-12-18(15,16)17;/h13-14H,2-12H2,1H3,(H,15,16,17);/q;+1/p-1. The topological polar surface area (TPSA) is 77.4 Å². The van der Waals surface area contributed by atoms with Crippen LogP contribution in [0, 0.1) is 0 Å². The summed E-state index contributed by atoms with van der Waals surface area (Å²) in [4.78, 5) is 0. The van der Waals surface area contributed by atoms with Crippen LogP contribution in [-0.4, -0.2) is 29.9 Å². The van der Waals surface area contributed by atoms with Gasteiger partial charge in [0.1, 0.15) is 0 Å². The number of hydrogen-bond acceptors (Lipinski definition) is 4. The van der Waals surface area contributed by atoms with Gasteiger partial charge in [-0.3, -0.25) is 0 Å². The molecule has 0 rings (SSSR count). The monoisotopic (exact) mass is 318 g/mol. The van der Waals surface area contributed by atoms with Crippen LogP contribution >= 0.6 is 0 Å². The van der Waals surface area contributed by atoms with Gasteiger partial charge in [-0.1, -0.05) is 51.9 Å². The third-order valence-electron chi connectivity index (χ3n) is 3.07. The molecular formula is C13H27KO4S. The molecule has 0 spiro atoms. The summed E-state index contributed by atoms with van der Waals surface area (Å²) in [5, 5.41) is 9.66. The maximum absolute atomic E-state index is 10.3. The van der Waals surface area contributed by atoms with Gasteiger partial charge in [-0.2, -0.15) is 0 Å². The zero-order valence-electron chi connectivity index (χ0n) is 12.4. The first-order valence-corrected chi connectivity index (χ1v) is 8.65. The third kappa shape index (κ3) is 19.5. The number of rotatable bonds is 12. The predicted molar refractivity (Wildman–Crippen MR) is 72.4 cm³/mol. The average Bonchev–Trinajstić information content (AvgIpc) is 2.26. The zero-order chi connectivity index (χ0) is 13.9. The van der Waals surface area contributed by atoms with Gasteiger partial charge in [0.15, 0.2) is 0 Å². The molecule has 1 unspecified atom stereocenters. The van der Waals surface area contributed by atoms with Crippen LogP contribution in [0.5, 0.6) is 0 Å². The van der Waals surface area contributed by atoms with Gasteiger partial charge in [0.2, 0.25) is 0 Å². The normalized spacial score (nSPS) is 13.0. The fourth-order valence-electron chi connectivity index (χ4n) is 1.96. The van der Waals surface area contributed by atoms with Crippen molar-refractivity contribution in [2.45, 2.75) is 77.2 Å². The van der Waals surface area contributed by atoms with Crippen molar-refractivity contribution >= 4 is 10.1 Å². The average molecular weight is 319 g/mol. The summed E-state index contributed by atoms with van der Waals surface area (Å²) in [6.45, 7) is 2.15. The Morgan fingerprint density at radius 3 is 1.95 bits per heavy atom. The van der Waals surface area contributed by atoms with Gasteiger partial charge in [-0.05, 0) is 19.3 Å². The quantitative estimate of drug-likeness (QED) is 0.308. The van der Waals surface area contributed by atoms with Crippen molar-refractivity contribution in [2.24, 2.45) is 0 Å². The Bertz CT molecular complexity index is 280. The first kappa shape index (κ1) is 22.8. The molecule has 1 N–H and O–H groups in total. The molecule has 0 aliphatic carbocycles. The van der Waals surface area contributed by atoms with Crippen molar-refractivity contribution in [3.63, 3.8) is 0 Å². The molecule has 0 aromatic heterocycles. The van der Waals surface area contributed by atoms with E-state index in [0.717, 1.165) is 44.9 Å². The maximum Gasteiger partial charge on any atom is 1.00 e. The minimum atomic E-state index is -4.03. The van der Waals surface area contributed by atoms with Gasteiger partial charge in [0, 0.05) is 5.75 Å². The minimum absolute atomic E-state index is 0. The molecule has 0 amide bonds. The van der Waals surface area contributed by atoms with E-state index in [1.807, 2.05) is 0 Å². The van der Waals surface area contributed by atoms with Crippen LogP contribution in [0.1, 0.15) is 71.1 Å². The van der Waals surface area contributed by atoms with Gasteiger partial charge >= 0.3 is 51.4 Å². The summed E-state index contributed by atoms with van der Waals surface area (Å²) in [6.07, 6.45) is 9.18. The second kappa shape index (κ2) is 14.4. The maximum atomic E-state index is 10.3. The van der Waals surface area contributed by atoms with Crippen molar-refractivity contribution in [2.75, 3.05) is 5.75 Å². The molecule has 0 heterocycles. The molecule has 0 aliphatic rings. The zero-order valence-corrected chi connectivity index (χ0v) is 16.4. The van der Waals surface area contributed by atoms with Gasteiger partial charge in [-0.25, -0.2) is 8.42 Å². The Morgan fingerprint density at radius 2 is 1.42 bits per heavy atom. The second-order valence-corrected chi connectivity index (χ2v) is 6.49. The third-order valence-corrected chi connectivity index (χ3v) is 3.86. The molecular weight excluding hydrogens is 291 g/mol. The summed E-state index contributed by atoms with van der Waals surface area (Å²) in [7, 11) is -4.03. The van der Waals surface area contributed by atoms with E-state index in [-0.39, 0.29) is 63.2 Å². The largest absolute Gasteiger partial charge is 1.00 e. The van der Waals surface area contributed by atoms with E-state index in [9.17, 15) is 18.1 Å². The van der Waals surface area contributed by atoms with Crippen LogP contribution < -0.4 is 51.4 Å². The van der Waals surface area contributed by atoms with E-state index >= 15 is 0 Å². The molecule has 0 aliphatic heterocycles. The first-order chi connectivity index (χ1) is 8.45. The van der Waals surface area contributed by atoms with Crippen molar-refractivity contribution in [3.05, 3.63) is 0 Å². The van der Waals surface area contributed by atoms with Gasteiger partial charge in [0.05, 0.1) is 16.2 Å². The molecule has 19 heavy (non-hydrogen) atoms. The molecule has 4 nitrogen and oxygen atoms in total. The molecule has 0 fully saturated rings. The summed E-state index contributed by atoms with van der Waals surface area (Å²) in [5.74, 6) is -0.243. The number of hydrogen-bond donors (Lipinski definition) is 1. The van der Waals surface area contributed by atoms with Gasteiger partial charge < -0.3 is 9.66 Å². The molecule has 0 saturated carbocycles. The Morgan fingerprint density at radius 1 is 0.947 bits per heavy atom. The Labute approximate surface area is 160 Å². The number of aliphatic hydroxyl groups is 1. The minimum Gasteiger partial charge on any atom is -0.748 e. The Balaban J connectivity index is 0. The summed E-state index contributed by atoms with van der Waals surface area (Å²) >= 11 is 0. The Hall–Kier alpha value is 1.51. The van der Waals surface area contributed by atoms with Crippen molar-refractivity contribution in [1.29, 1.82) is 0 Å². The molecule has 0 aromatic carbocycles. The molecule has 0 radical (unpaired) electrons. The summed E-state index contributed by atoms with van der Waals surface area (Å²) in [5.41, 5.74) is 0. The van der Waals surface area contributed by atoms with E-state index in [1.54, 1.807) is 0 Å². The van der Waals surface area contributed by atoms with Crippen LogP contribution in [0.25, 0.3) is 0 Å². The van der Waals surface area contributed by atoms with E-state index < -0.39 is 10.1 Å². The molecule has 110 valence electrons. The fourth-order valence-corrected chi connectivity index (χ4v) is 2.52. The second-order valence-electron chi connectivity index (χ2n) is 4.97. The van der Waals surface area contributed by atoms with Crippen LogP contribution in [0.3, 0.4) is 0 Å². The molecule has 1 atom stereocenters. The smallest absolute Gasteiger partial charge is 0.748 e. The molecule has 0 aromatic rings. The van der Waals surface area contributed by atoms with Crippen LogP contribution in [0.2, 0.25) is 0 Å².